The van der Waals surface area contributed by atoms with Gasteiger partial charge in [0.2, 0.25) is 0 Å². The molecule has 1 atom stereocenters. The molecule has 2 heterocycles. The van der Waals surface area contributed by atoms with Gasteiger partial charge in [-0.25, -0.2) is 4.39 Å². The van der Waals surface area contributed by atoms with Gasteiger partial charge in [0, 0.05) is 18.7 Å². The summed E-state index contributed by atoms with van der Waals surface area (Å²) in [5.41, 5.74) is 2.27. The highest BCUT2D eigenvalue weighted by Crippen LogP contribution is 2.31. The van der Waals surface area contributed by atoms with Crippen molar-refractivity contribution >= 4 is 5.91 Å². The van der Waals surface area contributed by atoms with Crippen LogP contribution in [0.25, 0.3) is 0 Å². The molecule has 148 valence electrons. The summed E-state index contributed by atoms with van der Waals surface area (Å²) >= 11 is 0. The summed E-state index contributed by atoms with van der Waals surface area (Å²) in [6, 6.07) is 21.8. The summed E-state index contributed by atoms with van der Waals surface area (Å²) in [7, 11) is 0. The van der Waals surface area contributed by atoms with E-state index in [1.54, 1.807) is 12.1 Å². The van der Waals surface area contributed by atoms with Crippen molar-refractivity contribution in [1.82, 2.24) is 9.88 Å². The number of hydrogen-bond donors (Lipinski definition) is 0. The third kappa shape index (κ3) is 4.62. The zero-order valence-corrected chi connectivity index (χ0v) is 16.1. The predicted octanol–water partition coefficient (Wildman–Crippen LogP) is 4.55. The molecule has 4 nitrogen and oxygen atoms in total. The van der Waals surface area contributed by atoms with Crippen LogP contribution in [0.5, 0.6) is 5.75 Å². The fraction of sp³-hybridized carbons (Fsp3) is 0.250. The lowest BCUT2D eigenvalue weighted by Crippen LogP contribution is -2.34. The van der Waals surface area contributed by atoms with Crippen LogP contribution in [-0.4, -0.2) is 28.9 Å². The molecule has 1 amide bonds. The molecule has 5 heteroatoms. The highest BCUT2D eigenvalue weighted by Gasteiger charge is 2.31. The Morgan fingerprint density at radius 2 is 1.83 bits per heavy atom. The standard InChI is InChI=1S/C24H23FN2O2/c25-21-12-5-4-8-18(21)16-19-9-6-13-22(26-19)23-14-7-15-27(23)24(28)17-29-20-10-2-1-3-11-20/h1-6,8-13,23H,7,14-17H2/t23-/m0/s1. The van der Waals surface area contributed by atoms with Crippen molar-refractivity contribution in [1.29, 1.82) is 0 Å². The van der Waals surface area contributed by atoms with Gasteiger partial charge in [0.1, 0.15) is 11.6 Å². The molecule has 1 aliphatic heterocycles. The van der Waals surface area contributed by atoms with Crippen molar-refractivity contribution < 1.29 is 13.9 Å². The van der Waals surface area contributed by atoms with E-state index in [4.69, 9.17) is 9.72 Å². The molecular weight excluding hydrogens is 367 g/mol. The Labute approximate surface area is 170 Å². The monoisotopic (exact) mass is 390 g/mol. The van der Waals surface area contributed by atoms with Crippen molar-refractivity contribution in [3.05, 3.63) is 95.6 Å². The molecule has 0 radical (unpaired) electrons. The maximum atomic E-state index is 14.0. The third-order valence-corrected chi connectivity index (χ3v) is 5.18. The first kappa shape index (κ1) is 19.1. The van der Waals surface area contributed by atoms with Gasteiger partial charge >= 0.3 is 0 Å². The minimum atomic E-state index is -0.226. The molecular formula is C24H23FN2O2. The Morgan fingerprint density at radius 1 is 1.03 bits per heavy atom. The van der Waals surface area contributed by atoms with Crippen molar-refractivity contribution in [3.63, 3.8) is 0 Å². The van der Waals surface area contributed by atoms with Gasteiger partial charge in [-0.2, -0.15) is 0 Å². The van der Waals surface area contributed by atoms with Gasteiger partial charge in [-0.3, -0.25) is 9.78 Å². The molecule has 1 aromatic heterocycles. The second-order valence-electron chi connectivity index (χ2n) is 7.17. The van der Waals surface area contributed by atoms with E-state index in [0.717, 1.165) is 24.2 Å². The molecule has 0 saturated carbocycles. The molecule has 0 spiro atoms. The van der Waals surface area contributed by atoms with Gasteiger partial charge in [-0.15, -0.1) is 0 Å². The van der Waals surface area contributed by atoms with Gasteiger partial charge in [-0.05, 0) is 48.7 Å². The number of carbonyl (C=O) groups is 1. The number of likely N-dealkylation sites (tertiary alicyclic amines) is 1. The van der Waals surface area contributed by atoms with Gasteiger partial charge < -0.3 is 9.64 Å². The molecule has 0 bridgehead atoms. The van der Waals surface area contributed by atoms with Crippen molar-refractivity contribution in [3.8, 4) is 5.75 Å². The molecule has 0 N–H and O–H groups in total. The molecule has 1 saturated heterocycles. The Kier molecular flexibility index (Phi) is 5.84. The smallest absolute Gasteiger partial charge is 0.261 e. The number of amides is 1. The minimum absolute atomic E-state index is 0.00936. The number of para-hydroxylation sites is 1. The Hall–Kier alpha value is -3.21. The van der Waals surface area contributed by atoms with E-state index in [0.29, 0.717) is 24.3 Å². The van der Waals surface area contributed by atoms with Gasteiger partial charge in [0.25, 0.3) is 5.91 Å². The lowest BCUT2D eigenvalue weighted by atomic mass is 10.1. The summed E-state index contributed by atoms with van der Waals surface area (Å²) in [5, 5.41) is 0. The molecule has 3 aromatic rings. The van der Waals surface area contributed by atoms with E-state index in [-0.39, 0.29) is 24.4 Å². The van der Waals surface area contributed by atoms with E-state index in [1.807, 2.05) is 59.5 Å². The zero-order valence-electron chi connectivity index (χ0n) is 16.1. The van der Waals surface area contributed by atoms with E-state index < -0.39 is 0 Å². The number of rotatable bonds is 6. The number of carbonyl (C=O) groups excluding carboxylic acids is 1. The molecule has 2 aromatic carbocycles. The molecule has 0 aliphatic carbocycles. The number of ether oxygens (including phenoxy) is 1. The Morgan fingerprint density at radius 3 is 2.66 bits per heavy atom. The molecule has 1 fully saturated rings. The number of halogens is 1. The van der Waals surface area contributed by atoms with Crippen LogP contribution in [0.15, 0.2) is 72.8 Å². The number of aromatic nitrogens is 1. The van der Waals surface area contributed by atoms with Crippen LogP contribution in [0.4, 0.5) is 4.39 Å². The number of benzene rings is 2. The topological polar surface area (TPSA) is 42.4 Å². The maximum Gasteiger partial charge on any atom is 0.261 e. The average molecular weight is 390 g/mol. The first-order valence-corrected chi connectivity index (χ1v) is 9.87. The summed E-state index contributed by atoms with van der Waals surface area (Å²) in [6.45, 7) is 0.705. The first-order chi connectivity index (χ1) is 14.2. The highest BCUT2D eigenvalue weighted by atomic mass is 19.1. The highest BCUT2D eigenvalue weighted by molar-refractivity contribution is 5.78. The normalized spacial score (nSPS) is 16.0. The van der Waals surface area contributed by atoms with E-state index >= 15 is 0 Å². The van der Waals surface area contributed by atoms with E-state index in [1.165, 1.54) is 6.07 Å². The molecule has 1 aliphatic rings. The lowest BCUT2D eigenvalue weighted by molar-refractivity contribution is -0.134. The second-order valence-corrected chi connectivity index (χ2v) is 7.17. The minimum Gasteiger partial charge on any atom is -0.484 e. The largest absolute Gasteiger partial charge is 0.484 e. The summed E-state index contributed by atoms with van der Waals surface area (Å²) in [4.78, 5) is 19.3. The fourth-order valence-corrected chi connectivity index (χ4v) is 3.74. The van der Waals surface area contributed by atoms with Crippen LogP contribution in [-0.2, 0) is 11.2 Å². The van der Waals surface area contributed by atoms with Crippen LogP contribution in [0, 0.1) is 5.82 Å². The quantitative estimate of drug-likeness (QED) is 0.620. The van der Waals surface area contributed by atoms with Crippen molar-refractivity contribution in [2.45, 2.75) is 25.3 Å². The zero-order chi connectivity index (χ0) is 20.1. The Bertz CT molecular complexity index is 977. The molecule has 0 unspecified atom stereocenters. The Balaban J connectivity index is 1.45. The van der Waals surface area contributed by atoms with E-state index in [9.17, 15) is 9.18 Å². The maximum absolute atomic E-state index is 14.0. The predicted molar refractivity (Wildman–Crippen MR) is 109 cm³/mol. The number of nitrogens with zero attached hydrogens (tertiary/aromatic N) is 2. The van der Waals surface area contributed by atoms with Gasteiger partial charge in [0.15, 0.2) is 6.61 Å². The van der Waals surface area contributed by atoms with Crippen molar-refractivity contribution in [2.24, 2.45) is 0 Å². The van der Waals surface area contributed by atoms with Crippen LogP contribution >= 0.6 is 0 Å². The van der Waals surface area contributed by atoms with Crippen LogP contribution in [0.2, 0.25) is 0 Å². The summed E-state index contributed by atoms with van der Waals surface area (Å²) in [6.07, 6.45) is 2.23. The third-order valence-electron chi connectivity index (χ3n) is 5.18. The fourth-order valence-electron chi connectivity index (χ4n) is 3.74. The SMILES string of the molecule is O=C(COc1ccccc1)N1CCC[C@H]1c1cccc(Cc2ccccc2F)n1. The van der Waals surface area contributed by atoms with Crippen molar-refractivity contribution in [2.75, 3.05) is 13.2 Å². The van der Waals surface area contributed by atoms with Crippen LogP contribution < -0.4 is 4.74 Å². The average Bonchev–Trinajstić information content (AvgIpc) is 3.25. The van der Waals surface area contributed by atoms with Gasteiger partial charge in [-0.1, -0.05) is 42.5 Å². The molecule has 29 heavy (non-hydrogen) atoms. The number of pyridine rings is 1. The van der Waals surface area contributed by atoms with E-state index in [2.05, 4.69) is 0 Å². The van der Waals surface area contributed by atoms with Crippen LogP contribution in [0.1, 0.15) is 35.8 Å². The summed E-state index contributed by atoms with van der Waals surface area (Å²) in [5.74, 6) is 0.412. The molecule has 4 rings (SSSR count). The van der Waals surface area contributed by atoms with Gasteiger partial charge in [0.05, 0.1) is 11.7 Å². The lowest BCUT2D eigenvalue weighted by Gasteiger charge is -2.24. The first-order valence-electron chi connectivity index (χ1n) is 9.87. The summed E-state index contributed by atoms with van der Waals surface area (Å²) < 4.78 is 19.6. The second kappa shape index (κ2) is 8.86. The number of hydrogen-bond acceptors (Lipinski definition) is 3. The van der Waals surface area contributed by atoms with Crippen LogP contribution in [0.3, 0.4) is 0 Å².